The lowest BCUT2D eigenvalue weighted by Crippen LogP contribution is -2.14. The van der Waals surface area contributed by atoms with Crippen LogP contribution in [-0.2, 0) is 0 Å². The number of hydrogen-bond donors (Lipinski definition) is 0. The van der Waals surface area contributed by atoms with Gasteiger partial charge in [0.1, 0.15) is 0 Å². The van der Waals surface area contributed by atoms with Crippen LogP contribution in [-0.4, -0.2) is 55.1 Å². The van der Waals surface area contributed by atoms with Crippen LogP contribution in [0.1, 0.15) is 31.1 Å². The van der Waals surface area contributed by atoms with E-state index in [1.807, 2.05) is 115 Å². The summed E-state index contributed by atoms with van der Waals surface area (Å²) in [6, 6.07) is 28.1. The summed E-state index contributed by atoms with van der Waals surface area (Å²) in [6.45, 7) is 0. The van der Waals surface area contributed by atoms with E-state index < -0.39 is 0 Å². The third kappa shape index (κ3) is 10.8. The molecule has 36 heavy (non-hydrogen) atoms. The first-order valence-electron chi connectivity index (χ1n) is 11.5. The molecule has 8 heteroatoms. The van der Waals surface area contributed by atoms with Crippen molar-refractivity contribution in [2.24, 2.45) is 0 Å². The Kier molecular flexibility index (Phi) is 13.7. The van der Waals surface area contributed by atoms with Crippen molar-refractivity contribution in [3.8, 4) is 0 Å². The summed E-state index contributed by atoms with van der Waals surface area (Å²) in [7, 11) is 0. The van der Waals surface area contributed by atoms with E-state index in [0.717, 1.165) is 51.2 Å². The molecule has 0 amide bonds. The molecule has 1 unspecified atom stereocenters. The summed E-state index contributed by atoms with van der Waals surface area (Å²) in [5.41, 5.74) is 2.18. The molecule has 3 rings (SSSR count). The molecule has 0 aliphatic carbocycles. The summed E-state index contributed by atoms with van der Waals surface area (Å²) in [6.07, 6.45) is 0. The summed E-state index contributed by atoms with van der Waals surface area (Å²) >= 11 is 7.69. The molecular weight excluding hydrogens is 545 g/mol. The van der Waals surface area contributed by atoms with Crippen molar-refractivity contribution in [2.45, 2.75) is 5.25 Å². The fourth-order valence-corrected chi connectivity index (χ4v) is 8.59. The molecule has 1 atom stereocenters. The molecule has 3 nitrogen and oxygen atoms in total. The molecule has 188 valence electrons. The van der Waals surface area contributed by atoms with Crippen molar-refractivity contribution >= 4 is 74.2 Å². The predicted molar refractivity (Wildman–Crippen MR) is 163 cm³/mol. The van der Waals surface area contributed by atoms with Crippen LogP contribution in [0.3, 0.4) is 0 Å². The van der Waals surface area contributed by atoms with Gasteiger partial charge in [0.25, 0.3) is 0 Å². The molecule has 3 aromatic rings. The molecule has 0 spiro atoms. The molecule has 0 heterocycles. The Hall–Kier alpha value is -1.58. The van der Waals surface area contributed by atoms with Crippen LogP contribution in [0, 0.1) is 0 Å². The number of carbonyl (C=O) groups is 3. The van der Waals surface area contributed by atoms with Gasteiger partial charge < -0.3 is 0 Å². The minimum absolute atomic E-state index is 0.0869. The van der Waals surface area contributed by atoms with Crippen molar-refractivity contribution in [1.82, 2.24) is 0 Å². The van der Waals surface area contributed by atoms with Gasteiger partial charge in [0.2, 0.25) is 15.3 Å². The van der Waals surface area contributed by atoms with Crippen molar-refractivity contribution in [1.29, 1.82) is 0 Å². The molecule has 0 aromatic heterocycles. The van der Waals surface area contributed by atoms with Gasteiger partial charge in [-0.25, -0.2) is 0 Å². The second-order valence-electron chi connectivity index (χ2n) is 7.54. The summed E-state index contributed by atoms with van der Waals surface area (Å²) in [5, 5.41) is 0.570. The maximum Gasteiger partial charge on any atom is 0.219 e. The minimum atomic E-state index is 0.0869. The average molecular weight is 573 g/mol. The Balaban J connectivity index is 1.41. The predicted octanol–water partition coefficient (Wildman–Crippen LogP) is 7.54. The van der Waals surface area contributed by atoms with Gasteiger partial charge >= 0.3 is 0 Å². The molecule has 0 saturated heterocycles. The molecule has 3 aromatic carbocycles. The molecule has 0 bridgehead atoms. The highest BCUT2D eigenvalue weighted by Crippen LogP contribution is 2.25. The smallest absolute Gasteiger partial charge is 0.219 e. The molecule has 0 N–H and O–H groups in total. The van der Waals surface area contributed by atoms with E-state index in [1.54, 1.807) is 0 Å². The van der Waals surface area contributed by atoms with E-state index in [2.05, 4.69) is 0 Å². The Morgan fingerprint density at radius 1 is 0.500 bits per heavy atom. The van der Waals surface area contributed by atoms with Crippen LogP contribution in [0.5, 0.6) is 0 Å². The van der Waals surface area contributed by atoms with Crippen LogP contribution in [0.4, 0.5) is 0 Å². The van der Waals surface area contributed by atoms with Gasteiger partial charge in [0.15, 0.2) is 0 Å². The highest BCUT2D eigenvalue weighted by Gasteiger charge is 2.15. The summed E-state index contributed by atoms with van der Waals surface area (Å²) < 4.78 is 0. The van der Waals surface area contributed by atoms with E-state index in [0.29, 0.717) is 0 Å². The summed E-state index contributed by atoms with van der Waals surface area (Å²) in [4.78, 5) is 37.2. The number of carbonyl (C=O) groups excluding carboxylic acids is 3. The fraction of sp³-hybridized carbons (Fsp3) is 0.250. The number of hydrogen-bond acceptors (Lipinski definition) is 8. The molecule has 0 aliphatic heterocycles. The van der Waals surface area contributed by atoms with Gasteiger partial charge in [0.05, 0.1) is 0 Å². The van der Waals surface area contributed by atoms with Gasteiger partial charge in [-0.3, -0.25) is 14.4 Å². The lowest BCUT2D eigenvalue weighted by Gasteiger charge is -2.15. The first-order valence-corrected chi connectivity index (χ1v) is 16.7. The monoisotopic (exact) mass is 572 g/mol. The van der Waals surface area contributed by atoms with E-state index in [1.165, 1.54) is 35.3 Å². The minimum Gasteiger partial charge on any atom is -0.282 e. The average Bonchev–Trinajstić information content (AvgIpc) is 2.94. The normalized spacial score (nSPS) is 11.7. The number of rotatable bonds is 14. The van der Waals surface area contributed by atoms with Crippen LogP contribution < -0.4 is 0 Å². The zero-order valence-corrected chi connectivity index (χ0v) is 23.8. The van der Waals surface area contributed by atoms with Crippen molar-refractivity contribution in [3.63, 3.8) is 0 Å². The van der Waals surface area contributed by atoms with Crippen molar-refractivity contribution in [2.75, 3.05) is 34.5 Å². The highest BCUT2D eigenvalue weighted by atomic mass is 32.2. The van der Waals surface area contributed by atoms with Crippen LogP contribution in [0.25, 0.3) is 0 Å². The highest BCUT2D eigenvalue weighted by molar-refractivity contribution is 8.16. The van der Waals surface area contributed by atoms with Gasteiger partial charge in [0, 0.05) is 56.5 Å². The zero-order valence-electron chi connectivity index (χ0n) is 19.7. The lowest BCUT2D eigenvalue weighted by atomic mass is 10.2. The molecule has 0 fully saturated rings. The summed E-state index contributed by atoms with van der Waals surface area (Å²) in [5.74, 6) is 4.83. The topological polar surface area (TPSA) is 51.2 Å². The third-order valence-corrected chi connectivity index (χ3v) is 11.1. The maximum atomic E-state index is 12.6. The molecule has 0 saturated carbocycles. The van der Waals surface area contributed by atoms with E-state index in [4.69, 9.17) is 0 Å². The fourth-order valence-electron chi connectivity index (χ4n) is 3.04. The zero-order chi connectivity index (χ0) is 25.4. The van der Waals surface area contributed by atoms with Crippen LogP contribution in [0.15, 0.2) is 91.0 Å². The quantitative estimate of drug-likeness (QED) is 0.184. The van der Waals surface area contributed by atoms with E-state index in [-0.39, 0.29) is 20.6 Å². The Morgan fingerprint density at radius 3 is 1.39 bits per heavy atom. The van der Waals surface area contributed by atoms with E-state index in [9.17, 15) is 14.4 Å². The molecular formula is C28H28O3S5. The van der Waals surface area contributed by atoms with Crippen LogP contribution in [0.2, 0.25) is 0 Å². The number of thioether (sulfide) groups is 5. The van der Waals surface area contributed by atoms with Crippen molar-refractivity contribution < 1.29 is 14.4 Å². The second-order valence-corrected chi connectivity index (χ2v) is 13.2. The van der Waals surface area contributed by atoms with Gasteiger partial charge in [-0.05, 0) is 0 Å². The van der Waals surface area contributed by atoms with Crippen LogP contribution >= 0.6 is 58.8 Å². The molecule has 0 radical (unpaired) electrons. The first-order chi connectivity index (χ1) is 17.6. The van der Waals surface area contributed by atoms with Gasteiger partial charge in [-0.1, -0.05) is 126 Å². The third-order valence-electron chi connectivity index (χ3n) is 4.86. The Morgan fingerprint density at radius 2 is 0.917 bits per heavy atom. The number of benzene rings is 3. The lowest BCUT2D eigenvalue weighted by molar-refractivity contribution is 0.108. The van der Waals surface area contributed by atoms with Gasteiger partial charge in [-0.2, -0.15) is 23.5 Å². The second kappa shape index (κ2) is 17.0. The standard InChI is InChI=1S/C28H28O3S5/c29-26(22-10-4-1-5-11-22)34-17-16-32-20-25(21-36-28(31)24-14-8-3-9-15-24)33-18-19-35-27(30)23-12-6-2-7-13-23/h1-15,25H,16-21H2. The SMILES string of the molecule is O=C(SCCSCC(CSC(=O)c1ccccc1)SCCSC(=O)c1ccccc1)c1ccccc1. The largest absolute Gasteiger partial charge is 0.282 e. The van der Waals surface area contributed by atoms with E-state index >= 15 is 0 Å². The first kappa shape index (κ1) is 29.0. The Bertz CT molecular complexity index is 1080. The Labute approximate surface area is 234 Å². The maximum absolute atomic E-state index is 12.6. The van der Waals surface area contributed by atoms with Crippen molar-refractivity contribution in [3.05, 3.63) is 108 Å². The van der Waals surface area contributed by atoms with Gasteiger partial charge in [-0.15, -0.1) is 0 Å². The molecule has 0 aliphatic rings.